The summed E-state index contributed by atoms with van der Waals surface area (Å²) in [7, 11) is 1.67. The first-order valence-electron chi connectivity index (χ1n) is 12.2. The number of ether oxygens (including phenoxy) is 2. The maximum atomic E-state index is 13.5. The van der Waals surface area contributed by atoms with Gasteiger partial charge in [0.05, 0.1) is 42.7 Å². The van der Waals surface area contributed by atoms with E-state index in [1.54, 1.807) is 30.6 Å². The van der Waals surface area contributed by atoms with E-state index >= 15 is 0 Å². The fraction of sp³-hybridized carbons (Fsp3) is 0.429. The van der Waals surface area contributed by atoms with E-state index in [9.17, 15) is 14.7 Å². The normalized spacial score (nSPS) is 26.1. The molecule has 2 aliphatic heterocycles. The molecule has 0 bridgehead atoms. The van der Waals surface area contributed by atoms with Crippen LogP contribution >= 0.6 is 22.9 Å². The molecule has 8 heteroatoms. The Hall–Kier alpha value is -2.45. The van der Waals surface area contributed by atoms with Gasteiger partial charge in [-0.3, -0.25) is 14.5 Å². The third kappa shape index (κ3) is 4.77. The van der Waals surface area contributed by atoms with Gasteiger partial charge in [0.15, 0.2) is 0 Å². The number of phenolic OH excluding ortho intramolecular Hbond substituents is 1. The van der Waals surface area contributed by atoms with Gasteiger partial charge in [-0.25, -0.2) is 0 Å². The zero-order chi connectivity index (χ0) is 25.4. The number of hydrogen-bond donors (Lipinski definition) is 1. The first kappa shape index (κ1) is 25.2. The lowest BCUT2D eigenvalue weighted by molar-refractivity contribution is -0.140. The number of hydrogen-bond acceptors (Lipinski definition) is 6. The zero-order valence-electron chi connectivity index (χ0n) is 20.4. The van der Waals surface area contributed by atoms with Gasteiger partial charge in [-0.15, -0.1) is 11.3 Å². The fourth-order valence-electron chi connectivity index (χ4n) is 5.89. The molecule has 1 aliphatic carbocycles. The van der Waals surface area contributed by atoms with Gasteiger partial charge in [-0.1, -0.05) is 29.3 Å². The Labute approximate surface area is 220 Å². The highest BCUT2D eigenvalue weighted by Gasteiger charge is 2.56. The number of phenols is 1. The molecular formula is C28H30ClNO5S. The van der Waals surface area contributed by atoms with Crippen molar-refractivity contribution in [2.24, 2.45) is 17.8 Å². The van der Waals surface area contributed by atoms with Crippen LogP contribution in [0.4, 0.5) is 0 Å². The molecule has 0 radical (unpaired) electrons. The SMILES string of the molecule is COCC1=C2[C@@H](CC/C(C)=C/c3ccc(O)cc3Cl)OC[C@@H]2[C@@H]2C(=O)N(Cc3cccs3)C(=O)[C@@H]2C1. The van der Waals surface area contributed by atoms with E-state index in [0.717, 1.165) is 40.0 Å². The van der Waals surface area contributed by atoms with Gasteiger partial charge in [-0.05, 0) is 72.5 Å². The monoisotopic (exact) mass is 527 g/mol. The minimum atomic E-state index is -0.356. The summed E-state index contributed by atoms with van der Waals surface area (Å²) in [5.74, 6) is -0.775. The Kier molecular flexibility index (Phi) is 7.35. The Morgan fingerprint density at radius 3 is 2.83 bits per heavy atom. The summed E-state index contributed by atoms with van der Waals surface area (Å²) >= 11 is 7.83. The molecule has 3 aliphatic rings. The van der Waals surface area contributed by atoms with Crippen molar-refractivity contribution in [3.8, 4) is 5.75 Å². The van der Waals surface area contributed by atoms with Crippen molar-refractivity contribution in [2.75, 3.05) is 20.3 Å². The lowest BCUT2D eigenvalue weighted by Gasteiger charge is -2.31. The van der Waals surface area contributed by atoms with Crippen LogP contribution in [0.15, 0.2) is 52.4 Å². The molecule has 36 heavy (non-hydrogen) atoms. The highest BCUT2D eigenvalue weighted by atomic mass is 35.5. The Morgan fingerprint density at radius 2 is 2.11 bits per heavy atom. The molecule has 1 N–H and O–H groups in total. The van der Waals surface area contributed by atoms with E-state index in [0.29, 0.717) is 31.2 Å². The molecule has 0 unspecified atom stereocenters. The maximum absolute atomic E-state index is 13.5. The minimum absolute atomic E-state index is 0.0698. The van der Waals surface area contributed by atoms with Crippen molar-refractivity contribution in [3.63, 3.8) is 0 Å². The van der Waals surface area contributed by atoms with Crippen LogP contribution in [0.25, 0.3) is 6.08 Å². The summed E-state index contributed by atoms with van der Waals surface area (Å²) in [4.78, 5) is 29.2. The molecule has 0 saturated carbocycles. The molecule has 3 heterocycles. The number of thiophene rings is 1. The number of halogens is 1. The van der Waals surface area contributed by atoms with Crippen molar-refractivity contribution in [2.45, 2.75) is 38.8 Å². The summed E-state index contributed by atoms with van der Waals surface area (Å²) in [6.45, 7) is 3.29. The maximum Gasteiger partial charge on any atom is 0.234 e. The average Bonchev–Trinajstić information content (AvgIpc) is 3.56. The third-order valence-electron chi connectivity index (χ3n) is 7.50. The second kappa shape index (κ2) is 10.5. The van der Waals surface area contributed by atoms with Crippen LogP contribution in [0.3, 0.4) is 0 Å². The third-order valence-corrected chi connectivity index (χ3v) is 8.69. The van der Waals surface area contributed by atoms with Crippen molar-refractivity contribution in [1.29, 1.82) is 0 Å². The molecule has 2 saturated heterocycles. The van der Waals surface area contributed by atoms with Crippen molar-refractivity contribution < 1.29 is 24.2 Å². The summed E-state index contributed by atoms with van der Waals surface area (Å²) in [6.07, 6.45) is 4.04. The lowest BCUT2D eigenvalue weighted by Crippen LogP contribution is -2.35. The van der Waals surface area contributed by atoms with Crippen LogP contribution in [0.1, 0.15) is 36.6 Å². The molecule has 0 spiro atoms. The van der Waals surface area contributed by atoms with Gasteiger partial charge < -0.3 is 14.6 Å². The summed E-state index contributed by atoms with van der Waals surface area (Å²) in [5.41, 5.74) is 4.27. The van der Waals surface area contributed by atoms with Gasteiger partial charge in [-0.2, -0.15) is 0 Å². The van der Waals surface area contributed by atoms with Gasteiger partial charge in [0, 0.05) is 17.9 Å². The number of amides is 2. The number of imide groups is 1. The van der Waals surface area contributed by atoms with Crippen molar-refractivity contribution >= 4 is 40.8 Å². The fourth-order valence-corrected chi connectivity index (χ4v) is 6.81. The topological polar surface area (TPSA) is 76.1 Å². The molecule has 2 aromatic rings. The Balaban J connectivity index is 1.34. The zero-order valence-corrected chi connectivity index (χ0v) is 22.0. The number of aromatic hydroxyl groups is 1. The molecule has 6 nitrogen and oxygen atoms in total. The molecule has 2 amide bonds. The largest absolute Gasteiger partial charge is 0.508 e. The van der Waals surface area contributed by atoms with Crippen LogP contribution in [-0.2, 0) is 25.6 Å². The highest BCUT2D eigenvalue weighted by molar-refractivity contribution is 7.09. The first-order valence-corrected chi connectivity index (χ1v) is 13.5. The van der Waals surface area contributed by atoms with Crippen LogP contribution in [0.5, 0.6) is 5.75 Å². The lowest BCUT2D eigenvalue weighted by atomic mass is 9.69. The standard InChI is InChI=1S/C28H30ClNO5S/c1-16(10-17-6-7-19(31)12-23(17)29)5-8-24-25-18(14-34-2)11-21-26(22(25)15-35-24)28(33)30(27(21)32)13-20-4-3-9-36-20/h3-4,6-7,9-10,12,21-22,24,26,31H,5,8,11,13-15H2,1-2H3/b16-10+/t21-,22+,24-,26-/m1/s1. The van der Waals surface area contributed by atoms with Crippen LogP contribution in [0, 0.1) is 17.8 Å². The van der Waals surface area contributed by atoms with E-state index in [2.05, 4.69) is 6.92 Å². The number of methoxy groups -OCH3 is 1. The molecule has 1 aromatic heterocycles. The van der Waals surface area contributed by atoms with E-state index < -0.39 is 0 Å². The van der Waals surface area contributed by atoms with Crippen molar-refractivity contribution in [1.82, 2.24) is 4.90 Å². The predicted octanol–water partition coefficient (Wildman–Crippen LogP) is 5.45. The minimum Gasteiger partial charge on any atom is -0.508 e. The van der Waals surface area contributed by atoms with Crippen LogP contribution < -0.4 is 0 Å². The van der Waals surface area contributed by atoms with Crippen LogP contribution in [-0.4, -0.2) is 48.2 Å². The molecule has 190 valence electrons. The predicted molar refractivity (Wildman–Crippen MR) is 140 cm³/mol. The first-order chi connectivity index (χ1) is 17.4. The van der Waals surface area contributed by atoms with Crippen LogP contribution in [0.2, 0.25) is 5.02 Å². The highest BCUT2D eigenvalue weighted by Crippen LogP contribution is 2.50. The van der Waals surface area contributed by atoms with Gasteiger partial charge in [0.1, 0.15) is 5.75 Å². The number of rotatable bonds is 8. The molecular weight excluding hydrogens is 498 g/mol. The second-order valence-corrected chi connectivity index (χ2v) is 11.3. The average molecular weight is 528 g/mol. The number of carbonyl (C=O) groups excluding carboxylic acids is 2. The van der Waals surface area contributed by atoms with E-state index in [4.69, 9.17) is 21.1 Å². The number of benzene rings is 1. The number of carbonyl (C=O) groups is 2. The number of likely N-dealkylation sites (tertiary alicyclic amines) is 1. The van der Waals surface area contributed by atoms with Gasteiger partial charge >= 0.3 is 0 Å². The number of allylic oxidation sites excluding steroid dienone is 1. The van der Waals surface area contributed by atoms with Crippen molar-refractivity contribution in [3.05, 3.63) is 67.9 Å². The van der Waals surface area contributed by atoms with Gasteiger partial charge in [0.2, 0.25) is 11.8 Å². The Morgan fingerprint density at radius 1 is 1.28 bits per heavy atom. The Bertz CT molecular complexity index is 1220. The molecule has 1 aromatic carbocycles. The van der Waals surface area contributed by atoms with E-state index in [1.165, 1.54) is 11.0 Å². The number of fused-ring (bicyclic) bond motifs is 3. The van der Waals surface area contributed by atoms with E-state index in [1.807, 2.05) is 23.6 Å². The molecule has 5 rings (SSSR count). The van der Waals surface area contributed by atoms with E-state index in [-0.39, 0.29) is 41.4 Å². The van der Waals surface area contributed by atoms with Gasteiger partial charge in [0.25, 0.3) is 0 Å². The summed E-state index contributed by atoms with van der Waals surface area (Å²) in [6, 6.07) is 8.86. The quantitative estimate of drug-likeness (QED) is 0.365. The second-order valence-electron chi connectivity index (χ2n) is 9.83. The number of nitrogens with zero attached hydrogens (tertiary/aromatic N) is 1. The molecule has 4 atom stereocenters. The smallest absolute Gasteiger partial charge is 0.234 e. The molecule has 2 fully saturated rings. The summed E-state index contributed by atoms with van der Waals surface area (Å²) in [5, 5.41) is 12.1. The summed E-state index contributed by atoms with van der Waals surface area (Å²) < 4.78 is 11.8.